The van der Waals surface area contributed by atoms with Crippen molar-refractivity contribution in [2.45, 2.75) is 58.7 Å². The van der Waals surface area contributed by atoms with Gasteiger partial charge in [0.15, 0.2) is 0 Å². The van der Waals surface area contributed by atoms with E-state index in [1.54, 1.807) is 4.90 Å². The molecular formula is C23H37N3O4. The zero-order valence-corrected chi connectivity index (χ0v) is 19.2. The quantitative estimate of drug-likeness (QED) is 0.753. The number of nitrogens with zero attached hydrogens (tertiary/aromatic N) is 2. The van der Waals surface area contributed by atoms with E-state index in [4.69, 9.17) is 9.47 Å². The van der Waals surface area contributed by atoms with Gasteiger partial charge in [-0.05, 0) is 38.7 Å². The average molecular weight is 420 g/mol. The number of carbonyl (C=O) groups excluding carboxylic acids is 2. The van der Waals surface area contributed by atoms with Crippen molar-refractivity contribution in [2.24, 2.45) is 5.92 Å². The summed E-state index contributed by atoms with van der Waals surface area (Å²) in [4.78, 5) is 28.7. The molecule has 1 saturated heterocycles. The minimum absolute atomic E-state index is 0.0269. The first kappa shape index (κ1) is 24.0. The molecule has 0 spiro atoms. The highest BCUT2D eigenvalue weighted by Gasteiger charge is 2.33. The number of alkyl carbamates (subject to hydrolysis) is 1. The van der Waals surface area contributed by atoms with Crippen molar-refractivity contribution in [1.29, 1.82) is 0 Å². The first-order valence-corrected chi connectivity index (χ1v) is 10.7. The summed E-state index contributed by atoms with van der Waals surface area (Å²) in [6.45, 7) is 12.6. The van der Waals surface area contributed by atoms with Crippen molar-refractivity contribution in [3.05, 3.63) is 35.9 Å². The fraction of sp³-hybridized carbons (Fsp3) is 0.652. The van der Waals surface area contributed by atoms with Gasteiger partial charge < -0.3 is 14.8 Å². The van der Waals surface area contributed by atoms with Crippen LogP contribution in [0, 0.1) is 5.92 Å². The van der Waals surface area contributed by atoms with Gasteiger partial charge in [0.25, 0.3) is 0 Å². The molecule has 1 aromatic carbocycles. The summed E-state index contributed by atoms with van der Waals surface area (Å²) in [5.74, 6) is 0.436. The topological polar surface area (TPSA) is 71.1 Å². The molecule has 0 bridgehead atoms. The predicted octanol–water partition coefficient (Wildman–Crippen LogP) is 4.05. The summed E-state index contributed by atoms with van der Waals surface area (Å²) >= 11 is 0. The maximum absolute atomic E-state index is 12.3. The molecule has 7 heteroatoms. The van der Waals surface area contributed by atoms with Crippen molar-refractivity contribution in [1.82, 2.24) is 15.1 Å². The second-order valence-electron chi connectivity index (χ2n) is 9.32. The maximum atomic E-state index is 12.3. The standard InChI is InChI=1S/C23H37N3O4/c1-17(2)14-19(24-21(27)30-23(3,4)5)15-25-12-13-26(22(28)29-6)20(16-25)18-10-8-7-9-11-18/h7-11,17,19-20H,12-16H2,1-6H3,(H,24,27)/t19-,20?/m0/s1. The van der Waals surface area contributed by atoms with Gasteiger partial charge in [-0.1, -0.05) is 44.2 Å². The number of nitrogens with one attached hydrogen (secondary N) is 1. The number of methoxy groups -OCH3 is 1. The summed E-state index contributed by atoms with van der Waals surface area (Å²) in [6.07, 6.45) is 0.155. The molecule has 7 nitrogen and oxygen atoms in total. The lowest BCUT2D eigenvalue weighted by molar-refractivity contribution is 0.0412. The number of hydrogen-bond acceptors (Lipinski definition) is 5. The summed E-state index contributed by atoms with van der Waals surface area (Å²) in [5.41, 5.74) is 0.546. The lowest BCUT2D eigenvalue weighted by Gasteiger charge is -2.42. The van der Waals surface area contributed by atoms with Crippen molar-refractivity contribution in [2.75, 3.05) is 33.3 Å². The van der Waals surface area contributed by atoms with Crippen LogP contribution in [-0.2, 0) is 9.47 Å². The Morgan fingerprint density at radius 3 is 2.40 bits per heavy atom. The Morgan fingerprint density at radius 2 is 1.83 bits per heavy atom. The maximum Gasteiger partial charge on any atom is 0.410 e. The third-order valence-corrected chi connectivity index (χ3v) is 5.01. The highest BCUT2D eigenvalue weighted by molar-refractivity contribution is 5.68. The largest absolute Gasteiger partial charge is 0.453 e. The van der Waals surface area contributed by atoms with Gasteiger partial charge in [0, 0.05) is 32.2 Å². The van der Waals surface area contributed by atoms with Gasteiger partial charge in [-0.3, -0.25) is 9.80 Å². The van der Waals surface area contributed by atoms with E-state index in [0.29, 0.717) is 25.6 Å². The number of amides is 2. The van der Waals surface area contributed by atoms with Crippen LogP contribution in [0.5, 0.6) is 0 Å². The van der Waals surface area contributed by atoms with E-state index in [2.05, 4.69) is 24.1 Å². The lowest BCUT2D eigenvalue weighted by Crippen LogP contribution is -2.54. The van der Waals surface area contributed by atoms with E-state index < -0.39 is 5.60 Å². The van der Waals surface area contributed by atoms with Crippen LogP contribution in [0.15, 0.2) is 30.3 Å². The predicted molar refractivity (Wildman–Crippen MR) is 117 cm³/mol. The highest BCUT2D eigenvalue weighted by Crippen LogP contribution is 2.26. The molecule has 1 aromatic rings. The Morgan fingerprint density at radius 1 is 1.17 bits per heavy atom. The smallest absolute Gasteiger partial charge is 0.410 e. The van der Waals surface area contributed by atoms with Gasteiger partial charge in [0.2, 0.25) is 0 Å². The average Bonchev–Trinajstić information content (AvgIpc) is 2.66. The first-order valence-electron chi connectivity index (χ1n) is 10.7. The third kappa shape index (κ3) is 7.52. The number of benzene rings is 1. The molecule has 1 aliphatic rings. The Balaban J connectivity index is 2.10. The number of ether oxygens (including phenoxy) is 2. The molecular weight excluding hydrogens is 382 g/mol. The monoisotopic (exact) mass is 419 g/mol. The van der Waals surface area contributed by atoms with Gasteiger partial charge in [-0.15, -0.1) is 0 Å². The van der Waals surface area contributed by atoms with Gasteiger partial charge >= 0.3 is 12.2 Å². The Labute approximate surface area is 180 Å². The second-order valence-corrected chi connectivity index (χ2v) is 9.32. The van der Waals surface area contributed by atoms with Crippen LogP contribution in [0.4, 0.5) is 9.59 Å². The molecule has 30 heavy (non-hydrogen) atoms. The summed E-state index contributed by atoms with van der Waals surface area (Å²) < 4.78 is 10.5. The minimum Gasteiger partial charge on any atom is -0.453 e. The van der Waals surface area contributed by atoms with E-state index >= 15 is 0 Å². The summed E-state index contributed by atoms with van der Waals surface area (Å²) in [5, 5.41) is 3.04. The van der Waals surface area contributed by atoms with Crippen LogP contribution < -0.4 is 5.32 Å². The van der Waals surface area contributed by atoms with Crippen LogP contribution in [0.1, 0.15) is 52.6 Å². The molecule has 0 saturated carbocycles. The van der Waals surface area contributed by atoms with Gasteiger partial charge in [0.05, 0.1) is 13.2 Å². The molecule has 1 N–H and O–H groups in total. The summed E-state index contributed by atoms with van der Waals surface area (Å²) in [7, 11) is 1.42. The molecule has 0 aliphatic carbocycles. The molecule has 2 rings (SSSR count). The van der Waals surface area contributed by atoms with E-state index in [-0.39, 0.29) is 24.3 Å². The highest BCUT2D eigenvalue weighted by atomic mass is 16.6. The van der Waals surface area contributed by atoms with Crippen molar-refractivity contribution >= 4 is 12.2 Å². The van der Waals surface area contributed by atoms with E-state index in [0.717, 1.165) is 18.5 Å². The third-order valence-electron chi connectivity index (χ3n) is 5.01. The normalized spacial score (nSPS) is 18.8. The minimum atomic E-state index is -0.531. The van der Waals surface area contributed by atoms with E-state index in [1.165, 1.54) is 7.11 Å². The molecule has 0 aromatic heterocycles. The first-order chi connectivity index (χ1) is 14.1. The van der Waals surface area contributed by atoms with Gasteiger partial charge in [-0.2, -0.15) is 0 Å². The molecule has 2 atom stereocenters. The zero-order chi connectivity index (χ0) is 22.3. The molecule has 2 amide bonds. The number of rotatable bonds is 6. The number of piperazine rings is 1. The van der Waals surface area contributed by atoms with E-state index in [1.807, 2.05) is 51.1 Å². The molecule has 1 aliphatic heterocycles. The van der Waals surface area contributed by atoms with Crippen LogP contribution in [0.3, 0.4) is 0 Å². The SMILES string of the molecule is COC(=O)N1CCN(C[C@H](CC(C)C)NC(=O)OC(C)(C)C)CC1c1ccccc1. The lowest BCUT2D eigenvalue weighted by atomic mass is 10.00. The van der Waals surface area contributed by atoms with Crippen LogP contribution in [0.25, 0.3) is 0 Å². The summed E-state index contributed by atoms with van der Waals surface area (Å²) in [6, 6.07) is 9.89. The van der Waals surface area contributed by atoms with Crippen molar-refractivity contribution < 1.29 is 19.1 Å². The van der Waals surface area contributed by atoms with E-state index in [9.17, 15) is 9.59 Å². The van der Waals surface area contributed by atoms with Crippen LogP contribution >= 0.6 is 0 Å². The fourth-order valence-electron chi connectivity index (χ4n) is 3.84. The molecule has 1 unspecified atom stereocenters. The molecule has 1 fully saturated rings. The zero-order valence-electron chi connectivity index (χ0n) is 19.2. The number of hydrogen-bond donors (Lipinski definition) is 1. The van der Waals surface area contributed by atoms with Gasteiger partial charge in [-0.25, -0.2) is 9.59 Å². The van der Waals surface area contributed by atoms with Crippen LogP contribution in [0.2, 0.25) is 0 Å². The molecule has 1 heterocycles. The molecule has 0 radical (unpaired) electrons. The van der Waals surface area contributed by atoms with Gasteiger partial charge in [0.1, 0.15) is 5.60 Å². The van der Waals surface area contributed by atoms with Crippen LogP contribution in [-0.4, -0.2) is 66.9 Å². The van der Waals surface area contributed by atoms with Crippen molar-refractivity contribution in [3.63, 3.8) is 0 Å². The Kier molecular flexibility index (Phi) is 8.53. The van der Waals surface area contributed by atoms with Crippen molar-refractivity contribution in [3.8, 4) is 0 Å². The fourth-order valence-corrected chi connectivity index (χ4v) is 3.84. The second kappa shape index (κ2) is 10.7. The Hall–Kier alpha value is -2.28. The molecule has 168 valence electrons. The Bertz CT molecular complexity index is 687. The number of carbonyl (C=O) groups is 2.